The Morgan fingerprint density at radius 1 is 1.20 bits per heavy atom. The number of ether oxygens (including phenoxy) is 2. The summed E-state index contributed by atoms with van der Waals surface area (Å²) in [4.78, 5) is 35.4. The molecule has 0 spiro atoms. The summed E-state index contributed by atoms with van der Waals surface area (Å²) in [6.07, 6.45) is 5.75. The fourth-order valence-electron chi connectivity index (χ4n) is 3.19. The molecule has 3 heterocycles. The van der Waals surface area contributed by atoms with Crippen LogP contribution in [0.4, 0.5) is 0 Å². The van der Waals surface area contributed by atoms with Gasteiger partial charge in [-0.05, 0) is 26.2 Å². The van der Waals surface area contributed by atoms with Gasteiger partial charge in [-0.15, -0.1) is 0 Å². The zero-order valence-corrected chi connectivity index (χ0v) is 14.4. The number of piperidine rings is 1. The van der Waals surface area contributed by atoms with Crippen LogP contribution in [-0.4, -0.2) is 71.7 Å². The molecule has 0 bridgehead atoms. The van der Waals surface area contributed by atoms with E-state index in [1.165, 1.54) is 12.4 Å². The smallest absolute Gasteiger partial charge is 0.274 e. The Labute approximate surface area is 146 Å². The fraction of sp³-hybridized carbons (Fsp3) is 0.647. The minimum atomic E-state index is -0.423. The lowest BCUT2D eigenvalue weighted by molar-refractivity contribution is 0.0401. The number of carbonyl (C=O) groups is 2. The number of rotatable bonds is 5. The second-order valence-corrected chi connectivity index (χ2v) is 6.22. The lowest BCUT2D eigenvalue weighted by Gasteiger charge is -2.26. The van der Waals surface area contributed by atoms with E-state index in [2.05, 4.69) is 15.3 Å². The summed E-state index contributed by atoms with van der Waals surface area (Å²) in [7, 11) is 0. The molecule has 0 aromatic carbocycles. The van der Waals surface area contributed by atoms with E-state index >= 15 is 0 Å². The van der Waals surface area contributed by atoms with Gasteiger partial charge in [0.05, 0.1) is 19.3 Å². The number of carbonyl (C=O) groups excluding carboxylic acids is 2. The van der Waals surface area contributed by atoms with Crippen LogP contribution in [0.5, 0.6) is 0 Å². The van der Waals surface area contributed by atoms with Crippen molar-refractivity contribution in [2.45, 2.75) is 38.3 Å². The molecule has 1 aromatic heterocycles. The summed E-state index contributed by atoms with van der Waals surface area (Å²) in [5, 5.41) is 2.87. The van der Waals surface area contributed by atoms with Crippen LogP contribution in [-0.2, 0) is 9.47 Å². The average molecular weight is 348 g/mol. The first kappa shape index (κ1) is 17.8. The number of amides is 2. The first-order chi connectivity index (χ1) is 12.2. The Morgan fingerprint density at radius 3 is 2.64 bits per heavy atom. The molecular formula is C17H24N4O4. The first-order valence-electron chi connectivity index (χ1n) is 8.81. The van der Waals surface area contributed by atoms with E-state index in [1.54, 1.807) is 4.90 Å². The lowest BCUT2D eigenvalue weighted by Crippen LogP contribution is -2.45. The van der Waals surface area contributed by atoms with E-state index in [9.17, 15) is 9.59 Å². The third-order valence-corrected chi connectivity index (χ3v) is 4.48. The molecule has 2 aliphatic rings. The van der Waals surface area contributed by atoms with Gasteiger partial charge in [-0.3, -0.25) is 9.59 Å². The summed E-state index contributed by atoms with van der Waals surface area (Å²) in [6.45, 7) is 4.66. The zero-order chi connectivity index (χ0) is 17.6. The second-order valence-electron chi connectivity index (χ2n) is 6.22. The van der Waals surface area contributed by atoms with Crippen LogP contribution in [0.2, 0.25) is 0 Å². The molecule has 1 aromatic rings. The van der Waals surface area contributed by atoms with Crippen molar-refractivity contribution in [1.82, 2.24) is 20.2 Å². The molecule has 3 rings (SSSR count). The van der Waals surface area contributed by atoms with E-state index in [0.29, 0.717) is 32.9 Å². The van der Waals surface area contributed by atoms with Crippen molar-refractivity contribution in [3.05, 3.63) is 23.8 Å². The quantitative estimate of drug-likeness (QED) is 0.839. The fourth-order valence-corrected chi connectivity index (χ4v) is 3.19. The largest absolute Gasteiger partial charge is 0.376 e. The predicted molar refractivity (Wildman–Crippen MR) is 89.3 cm³/mol. The monoisotopic (exact) mass is 348 g/mol. The third kappa shape index (κ3) is 4.13. The highest BCUT2D eigenvalue weighted by Crippen LogP contribution is 2.15. The molecule has 0 radical (unpaired) electrons. The minimum absolute atomic E-state index is 0.0558. The number of nitrogens with zero attached hydrogens (tertiary/aromatic N) is 3. The SMILES string of the molecule is CCO[C@H]1COC[C@@H]1NC(=O)c1nccnc1C(=O)N1CCCCC1. The molecule has 0 saturated carbocycles. The number of nitrogens with one attached hydrogen (secondary N) is 1. The van der Waals surface area contributed by atoms with Gasteiger partial charge in [-0.25, -0.2) is 9.97 Å². The molecule has 0 unspecified atom stereocenters. The maximum Gasteiger partial charge on any atom is 0.274 e. The van der Waals surface area contributed by atoms with Crippen molar-refractivity contribution in [3.8, 4) is 0 Å². The number of likely N-dealkylation sites (tertiary alicyclic amines) is 1. The number of hydrogen-bond donors (Lipinski definition) is 1. The van der Waals surface area contributed by atoms with Crippen LogP contribution >= 0.6 is 0 Å². The van der Waals surface area contributed by atoms with Gasteiger partial charge in [0, 0.05) is 32.1 Å². The molecule has 2 amide bonds. The van der Waals surface area contributed by atoms with E-state index < -0.39 is 5.91 Å². The van der Waals surface area contributed by atoms with Crippen LogP contribution < -0.4 is 5.32 Å². The van der Waals surface area contributed by atoms with E-state index in [1.807, 2.05) is 6.92 Å². The highest BCUT2D eigenvalue weighted by molar-refractivity contribution is 6.04. The predicted octanol–water partition coefficient (Wildman–Crippen LogP) is 0.636. The van der Waals surface area contributed by atoms with Crippen molar-refractivity contribution in [3.63, 3.8) is 0 Å². The lowest BCUT2D eigenvalue weighted by atomic mass is 10.1. The van der Waals surface area contributed by atoms with Crippen LogP contribution in [0.1, 0.15) is 47.2 Å². The second kappa shape index (κ2) is 8.35. The molecule has 2 atom stereocenters. The third-order valence-electron chi connectivity index (χ3n) is 4.48. The Morgan fingerprint density at radius 2 is 1.92 bits per heavy atom. The highest BCUT2D eigenvalue weighted by atomic mass is 16.5. The molecule has 0 aliphatic carbocycles. The van der Waals surface area contributed by atoms with Gasteiger partial charge in [-0.1, -0.05) is 0 Å². The van der Waals surface area contributed by atoms with Crippen molar-refractivity contribution >= 4 is 11.8 Å². The van der Waals surface area contributed by atoms with Crippen LogP contribution in [0.25, 0.3) is 0 Å². The molecule has 25 heavy (non-hydrogen) atoms. The van der Waals surface area contributed by atoms with Crippen molar-refractivity contribution < 1.29 is 19.1 Å². The van der Waals surface area contributed by atoms with Crippen LogP contribution in [0.3, 0.4) is 0 Å². The van der Waals surface area contributed by atoms with Crippen molar-refractivity contribution in [2.75, 3.05) is 32.9 Å². The maximum absolute atomic E-state index is 12.7. The Bertz CT molecular complexity index is 618. The van der Waals surface area contributed by atoms with Gasteiger partial charge < -0.3 is 19.7 Å². The Kier molecular flexibility index (Phi) is 5.93. The normalized spacial score (nSPS) is 23.5. The minimum Gasteiger partial charge on any atom is -0.376 e. The molecule has 2 fully saturated rings. The van der Waals surface area contributed by atoms with Gasteiger partial charge in [0.15, 0.2) is 11.4 Å². The van der Waals surface area contributed by atoms with Crippen LogP contribution in [0.15, 0.2) is 12.4 Å². The highest BCUT2D eigenvalue weighted by Gasteiger charge is 2.32. The van der Waals surface area contributed by atoms with Crippen LogP contribution in [0, 0.1) is 0 Å². The van der Waals surface area contributed by atoms with Gasteiger partial charge in [0.2, 0.25) is 0 Å². The van der Waals surface area contributed by atoms with Gasteiger partial charge >= 0.3 is 0 Å². The molecule has 8 heteroatoms. The summed E-state index contributed by atoms with van der Waals surface area (Å²) < 4.78 is 11.0. The Balaban J connectivity index is 1.73. The Hall–Kier alpha value is -2.06. The van der Waals surface area contributed by atoms with Gasteiger partial charge in [-0.2, -0.15) is 0 Å². The summed E-state index contributed by atoms with van der Waals surface area (Å²) in [5.41, 5.74) is 0.161. The van der Waals surface area contributed by atoms with E-state index in [4.69, 9.17) is 9.47 Å². The topological polar surface area (TPSA) is 93.6 Å². The number of hydrogen-bond acceptors (Lipinski definition) is 6. The summed E-state index contributed by atoms with van der Waals surface area (Å²) in [6, 6.07) is -0.257. The first-order valence-corrected chi connectivity index (χ1v) is 8.81. The molecule has 136 valence electrons. The van der Waals surface area contributed by atoms with Crippen molar-refractivity contribution in [2.24, 2.45) is 0 Å². The molecule has 2 aliphatic heterocycles. The average Bonchev–Trinajstić information content (AvgIpc) is 3.09. The van der Waals surface area contributed by atoms with E-state index in [-0.39, 0.29) is 29.4 Å². The maximum atomic E-state index is 12.7. The van der Waals surface area contributed by atoms with Crippen molar-refractivity contribution in [1.29, 1.82) is 0 Å². The van der Waals surface area contributed by atoms with Gasteiger partial charge in [0.25, 0.3) is 11.8 Å². The zero-order valence-electron chi connectivity index (χ0n) is 14.4. The summed E-state index contributed by atoms with van der Waals surface area (Å²) >= 11 is 0. The summed E-state index contributed by atoms with van der Waals surface area (Å²) in [5.74, 6) is -0.657. The molecule has 8 nitrogen and oxygen atoms in total. The number of aromatic nitrogens is 2. The van der Waals surface area contributed by atoms with Gasteiger partial charge in [0.1, 0.15) is 6.10 Å². The van der Waals surface area contributed by atoms with E-state index in [0.717, 1.165) is 19.3 Å². The molecule has 1 N–H and O–H groups in total. The molecule has 2 saturated heterocycles. The molecular weight excluding hydrogens is 324 g/mol. The standard InChI is InChI=1S/C17H24N4O4/c1-2-25-13-11-24-10-12(13)20-16(22)14-15(19-7-6-18-14)17(23)21-8-4-3-5-9-21/h6-7,12-13H,2-5,8-11H2,1H3,(H,20,22)/t12-,13-/m0/s1.